The maximum Gasteiger partial charge on any atom is 0.0712 e. The van der Waals surface area contributed by atoms with E-state index in [0.717, 1.165) is 6.07 Å². The van der Waals surface area contributed by atoms with Gasteiger partial charge in [-0.15, -0.1) is 0 Å². The minimum Gasteiger partial charge on any atom is -0.248 e. The molecule has 0 amide bonds. The molecule has 0 unspecified atom stereocenters. The molecule has 0 fully saturated rings. The van der Waals surface area contributed by atoms with E-state index in [1.54, 1.807) is 20.8 Å². The van der Waals surface area contributed by atoms with Crippen molar-refractivity contribution in [2.45, 2.75) is 26.2 Å². The van der Waals surface area contributed by atoms with E-state index in [1.165, 1.54) is 0 Å². The lowest BCUT2D eigenvalue weighted by molar-refractivity contribution is 0.590. The molecule has 0 saturated heterocycles. The molecule has 0 N–H and O–H groups in total. The zero-order valence-electron chi connectivity index (χ0n) is 23.5. The molecule has 0 saturated carbocycles. The Morgan fingerprint density at radius 1 is 0.773 bits per heavy atom. The van der Waals surface area contributed by atoms with E-state index in [4.69, 9.17) is 15.1 Å². The Balaban J connectivity index is 2.59. The van der Waals surface area contributed by atoms with Crippen LogP contribution in [-0.2, 0) is 5.41 Å². The molecule has 1 aromatic heterocycles. The molecule has 1 heteroatoms. The van der Waals surface area contributed by atoms with E-state index < -0.39 is 47.7 Å². The monoisotopic (exact) mass is 298 g/mol. The number of rotatable bonds is 2. The van der Waals surface area contributed by atoms with Gasteiger partial charge in [-0.25, -0.2) is 4.98 Å². The largest absolute Gasteiger partial charge is 0.248 e. The highest BCUT2D eigenvalue weighted by Crippen LogP contribution is 2.30. The Labute approximate surface area is 148 Å². The molecule has 0 spiro atoms. The highest BCUT2D eigenvalue weighted by Gasteiger charge is 2.17. The minimum absolute atomic E-state index is 0.148. The molecular formula is C21H21N. The van der Waals surface area contributed by atoms with E-state index >= 15 is 0 Å². The molecule has 0 aliphatic heterocycles. The van der Waals surface area contributed by atoms with E-state index in [9.17, 15) is 0 Å². The zero-order chi connectivity index (χ0) is 25.2. The van der Waals surface area contributed by atoms with Crippen LogP contribution < -0.4 is 0 Å². The van der Waals surface area contributed by atoms with Gasteiger partial charge in [0.2, 0.25) is 0 Å². The highest BCUT2D eigenvalue weighted by atomic mass is 14.7. The third kappa shape index (κ3) is 3.09. The van der Waals surface area contributed by atoms with E-state index in [-0.39, 0.29) is 52.2 Å². The van der Waals surface area contributed by atoms with Gasteiger partial charge in [-0.2, -0.15) is 0 Å². The average molecular weight is 298 g/mol. The van der Waals surface area contributed by atoms with Gasteiger partial charge in [0, 0.05) is 11.1 Å². The van der Waals surface area contributed by atoms with E-state index in [0.29, 0.717) is 0 Å². The van der Waals surface area contributed by atoms with Gasteiger partial charge in [-0.05, 0) is 23.1 Å². The lowest BCUT2D eigenvalue weighted by Gasteiger charge is -2.21. The molecule has 3 rings (SSSR count). The van der Waals surface area contributed by atoms with Gasteiger partial charge in [0.05, 0.1) is 26.5 Å². The summed E-state index contributed by atoms with van der Waals surface area (Å²) in [6.07, 6.45) is 0. The molecule has 2 aromatic carbocycles. The molecule has 22 heavy (non-hydrogen) atoms. The Morgan fingerprint density at radius 2 is 1.32 bits per heavy atom. The van der Waals surface area contributed by atoms with Gasteiger partial charge in [0.15, 0.2) is 0 Å². The maximum atomic E-state index is 8.73. The van der Waals surface area contributed by atoms with Crippen molar-refractivity contribution in [3.63, 3.8) is 0 Å². The van der Waals surface area contributed by atoms with Gasteiger partial charge in [-0.1, -0.05) is 81.2 Å². The van der Waals surface area contributed by atoms with Crippen LogP contribution in [0.4, 0.5) is 0 Å². The number of nitrogens with zero attached hydrogens (tertiary/aromatic N) is 1. The Hall–Kier alpha value is -2.41. The summed E-state index contributed by atoms with van der Waals surface area (Å²) in [5.41, 5.74) is -1.67. The van der Waals surface area contributed by atoms with Crippen molar-refractivity contribution in [1.82, 2.24) is 4.98 Å². The van der Waals surface area contributed by atoms with Crippen molar-refractivity contribution in [3.8, 4) is 22.5 Å². The standard InChI is InChI=1S/C21H21N/c1-21(2,3)18-14-19(16-10-6-4-7-11-16)22-20(15-18)17-12-8-5-9-13-17/h4-15H,1-3H3/i4D,5D,6D,7D,8D,10D,11D,12D,13D,14D,15D. The lowest BCUT2D eigenvalue weighted by Crippen LogP contribution is -2.12. The Bertz CT molecular complexity index is 1280. The first kappa shape index (κ1) is 6.37. The second kappa shape index (κ2) is 5.76. The van der Waals surface area contributed by atoms with Gasteiger partial charge in [0.25, 0.3) is 0 Å². The van der Waals surface area contributed by atoms with E-state index in [2.05, 4.69) is 4.98 Å². The first-order chi connectivity index (χ1) is 15.1. The molecule has 0 aliphatic carbocycles. The van der Waals surface area contributed by atoms with Gasteiger partial charge >= 0.3 is 0 Å². The van der Waals surface area contributed by atoms with E-state index in [1.807, 2.05) is 0 Å². The van der Waals surface area contributed by atoms with Crippen molar-refractivity contribution in [1.29, 1.82) is 0 Å². The van der Waals surface area contributed by atoms with Crippen LogP contribution in [0.25, 0.3) is 22.5 Å². The minimum atomic E-state index is -0.808. The fraction of sp³-hybridized carbons (Fsp3) is 0.190. The molecular weight excluding hydrogens is 266 g/mol. The number of pyridine rings is 1. The molecule has 0 bridgehead atoms. The highest BCUT2D eigenvalue weighted by molar-refractivity contribution is 5.67. The third-order valence-electron chi connectivity index (χ3n) is 2.98. The molecule has 3 aromatic rings. The number of hydrogen-bond donors (Lipinski definition) is 0. The van der Waals surface area contributed by atoms with Gasteiger partial charge in [-0.3, -0.25) is 0 Å². The van der Waals surface area contributed by atoms with Gasteiger partial charge in [0.1, 0.15) is 0 Å². The van der Waals surface area contributed by atoms with Gasteiger partial charge < -0.3 is 0 Å². The topological polar surface area (TPSA) is 12.9 Å². The van der Waals surface area contributed by atoms with Crippen LogP contribution in [0, 0.1) is 0 Å². The van der Waals surface area contributed by atoms with Crippen LogP contribution in [0.3, 0.4) is 0 Å². The second-order valence-corrected chi connectivity index (χ2v) is 5.74. The summed E-state index contributed by atoms with van der Waals surface area (Å²) in [5.74, 6) is 0. The summed E-state index contributed by atoms with van der Waals surface area (Å²) in [5, 5.41) is 0. The SMILES string of the molecule is [2H]c1cc([2H])c(-c2nc(-c3c([2H])c([2H])c([2H])c([2H])c3[2H])c([2H])c(C(C)(C)C)c2[2H])c([2H])c1[2H]. The van der Waals surface area contributed by atoms with Crippen LogP contribution in [0.5, 0.6) is 0 Å². The van der Waals surface area contributed by atoms with Crippen LogP contribution in [-0.4, -0.2) is 4.98 Å². The summed E-state index contributed by atoms with van der Waals surface area (Å²) in [6.45, 7) is 5.21. The summed E-state index contributed by atoms with van der Waals surface area (Å²) in [4.78, 5) is 4.29. The molecule has 0 radical (unpaired) electrons. The normalized spacial score (nSPS) is 18.4. The summed E-state index contributed by atoms with van der Waals surface area (Å²) in [6, 6.07) is -4.02. The fourth-order valence-electron chi connectivity index (χ4n) is 1.82. The molecule has 1 nitrogen and oxygen atoms in total. The third-order valence-corrected chi connectivity index (χ3v) is 2.98. The van der Waals surface area contributed by atoms with Crippen LogP contribution in [0.15, 0.2) is 72.5 Å². The number of hydrogen-bond acceptors (Lipinski definition) is 1. The fourth-order valence-corrected chi connectivity index (χ4v) is 1.82. The van der Waals surface area contributed by atoms with Crippen molar-refractivity contribution in [2.75, 3.05) is 0 Å². The predicted octanol–water partition coefficient (Wildman–Crippen LogP) is 5.71. The summed E-state index contributed by atoms with van der Waals surface area (Å²) >= 11 is 0. The predicted molar refractivity (Wildman–Crippen MR) is 93.8 cm³/mol. The van der Waals surface area contributed by atoms with Crippen molar-refractivity contribution in [2.24, 2.45) is 0 Å². The number of aromatic nitrogens is 1. The molecule has 1 heterocycles. The smallest absolute Gasteiger partial charge is 0.0712 e. The summed E-state index contributed by atoms with van der Waals surface area (Å²) < 4.78 is 90.1. The van der Waals surface area contributed by atoms with Crippen molar-refractivity contribution < 1.29 is 15.1 Å². The van der Waals surface area contributed by atoms with Crippen molar-refractivity contribution in [3.05, 3.63) is 78.1 Å². The van der Waals surface area contributed by atoms with Crippen molar-refractivity contribution >= 4 is 0 Å². The summed E-state index contributed by atoms with van der Waals surface area (Å²) in [7, 11) is 0. The number of benzene rings is 2. The molecule has 0 aliphatic rings. The molecule has 0 atom stereocenters. The van der Waals surface area contributed by atoms with Crippen LogP contribution >= 0.6 is 0 Å². The quantitative estimate of drug-likeness (QED) is 0.590. The Morgan fingerprint density at radius 3 is 1.91 bits per heavy atom. The maximum absolute atomic E-state index is 8.73. The lowest BCUT2D eigenvalue weighted by atomic mass is 9.85. The van der Waals surface area contributed by atoms with Crippen LogP contribution in [0.1, 0.15) is 41.4 Å². The van der Waals surface area contributed by atoms with Crippen LogP contribution in [0.2, 0.25) is 0 Å². The second-order valence-electron chi connectivity index (χ2n) is 5.74. The average Bonchev–Trinajstić information content (AvgIpc) is 2.71. The molecule has 110 valence electrons. The first-order valence-electron chi connectivity index (χ1n) is 12.3. The first-order valence-corrected chi connectivity index (χ1v) is 6.77. The zero-order valence-corrected chi connectivity index (χ0v) is 12.5. The Kier molecular flexibility index (Phi) is 1.67.